The molecule has 0 atom stereocenters. The number of fused-ring (bicyclic) bond motifs is 1. The lowest BCUT2D eigenvalue weighted by Crippen LogP contribution is -2.18. The molecule has 7 nitrogen and oxygen atoms in total. The van der Waals surface area contributed by atoms with Gasteiger partial charge in [0.05, 0.1) is 22.4 Å². The maximum atomic E-state index is 5.44. The van der Waals surface area contributed by atoms with Gasteiger partial charge in [0.2, 0.25) is 5.95 Å². The summed E-state index contributed by atoms with van der Waals surface area (Å²) in [7, 11) is 1.99. The molecule has 0 aliphatic carbocycles. The molecule has 4 heterocycles. The molecule has 0 saturated carbocycles. The predicted octanol–water partition coefficient (Wildman–Crippen LogP) is 5.09. The van der Waals surface area contributed by atoms with Crippen LogP contribution in [0, 0.1) is 27.7 Å². The van der Waals surface area contributed by atoms with Crippen LogP contribution in [0.15, 0.2) is 16.7 Å². The summed E-state index contributed by atoms with van der Waals surface area (Å²) in [5.41, 5.74) is 9.43. The number of H-pyrrole nitrogens is 1. The van der Waals surface area contributed by atoms with Crippen LogP contribution in [0.25, 0.3) is 33.3 Å². The van der Waals surface area contributed by atoms with E-state index in [-0.39, 0.29) is 7.43 Å². The van der Waals surface area contributed by atoms with E-state index in [1.54, 1.807) is 0 Å². The summed E-state index contributed by atoms with van der Waals surface area (Å²) in [4.78, 5) is 10.9. The molecule has 1 saturated heterocycles. The summed E-state index contributed by atoms with van der Waals surface area (Å²) in [6.45, 7) is 10.2. The number of rotatable bonds is 3. The minimum absolute atomic E-state index is 0. The molecule has 30 heavy (non-hydrogen) atoms. The van der Waals surface area contributed by atoms with Gasteiger partial charge < -0.3 is 14.4 Å². The van der Waals surface area contributed by atoms with Crippen LogP contribution < -0.4 is 4.90 Å². The van der Waals surface area contributed by atoms with Crippen LogP contribution in [-0.4, -0.2) is 38.0 Å². The molecule has 5 rings (SSSR count). The number of nitrogens with zero attached hydrogens (tertiary/aromatic N) is 5. The first-order valence-electron chi connectivity index (χ1n) is 10.2. The van der Waals surface area contributed by atoms with Gasteiger partial charge in [-0.2, -0.15) is 5.10 Å². The molecule has 1 fully saturated rings. The van der Waals surface area contributed by atoms with Crippen LogP contribution in [0.5, 0.6) is 0 Å². The molecule has 1 N–H and O–H groups in total. The average Bonchev–Trinajstić information content (AvgIpc) is 3.44. The van der Waals surface area contributed by atoms with Crippen molar-refractivity contribution in [2.75, 3.05) is 18.0 Å². The molecule has 0 radical (unpaired) electrons. The van der Waals surface area contributed by atoms with Crippen molar-refractivity contribution >= 4 is 17.0 Å². The Balaban J connectivity index is 0.00000218. The Morgan fingerprint density at radius 3 is 2.33 bits per heavy atom. The molecule has 1 aliphatic heterocycles. The number of hydrogen-bond donors (Lipinski definition) is 1. The van der Waals surface area contributed by atoms with Gasteiger partial charge in [0.25, 0.3) is 0 Å². The zero-order valence-corrected chi connectivity index (χ0v) is 17.6. The predicted molar refractivity (Wildman–Crippen MR) is 121 cm³/mol. The van der Waals surface area contributed by atoms with E-state index in [1.165, 1.54) is 12.8 Å². The van der Waals surface area contributed by atoms with Crippen LogP contribution in [-0.2, 0) is 7.05 Å². The fourth-order valence-corrected chi connectivity index (χ4v) is 4.58. The summed E-state index contributed by atoms with van der Waals surface area (Å²) >= 11 is 0. The first-order valence-corrected chi connectivity index (χ1v) is 10.2. The lowest BCUT2D eigenvalue weighted by molar-refractivity contribution is 0.393. The summed E-state index contributed by atoms with van der Waals surface area (Å²) < 4.78 is 7.38. The number of benzene rings is 1. The van der Waals surface area contributed by atoms with E-state index in [0.717, 1.165) is 75.2 Å². The van der Waals surface area contributed by atoms with Gasteiger partial charge in [-0.25, -0.2) is 4.98 Å². The summed E-state index contributed by atoms with van der Waals surface area (Å²) in [6, 6.07) is 4.37. The lowest BCUT2D eigenvalue weighted by Gasteiger charge is -2.12. The molecule has 3 aromatic heterocycles. The average molecular weight is 407 g/mol. The number of hydrogen-bond acceptors (Lipinski definition) is 5. The van der Waals surface area contributed by atoms with Gasteiger partial charge >= 0.3 is 0 Å². The van der Waals surface area contributed by atoms with Crippen molar-refractivity contribution in [1.29, 1.82) is 0 Å². The van der Waals surface area contributed by atoms with Gasteiger partial charge in [0.1, 0.15) is 5.76 Å². The van der Waals surface area contributed by atoms with Crippen LogP contribution >= 0.6 is 0 Å². The largest absolute Gasteiger partial charge is 0.361 e. The third-order valence-electron chi connectivity index (χ3n) is 6.08. The maximum Gasteiger partial charge on any atom is 0.203 e. The van der Waals surface area contributed by atoms with Crippen molar-refractivity contribution in [2.24, 2.45) is 7.05 Å². The van der Waals surface area contributed by atoms with E-state index in [1.807, 2.05) is 25.6 Å². The number of aromatic amines is 1. The molecular formula is C23H30N6O. The summed E-state index contributed by atoms with van der Waals surface area (Å²) in [5.74, 6) is 1.78. The zero-order chi connectivity index (χ0) is 20.3. The van der Waals surface area contributed by atoms with Crippen molar-refractivity contribution in [3.8, 4) is 22.3 Å². The van der Waals surface area contributed by atoms with E-state index >= 15 is 0 Å². The first kappa shape index (κ1) is 20.2. The van der Waals surface area contributed by atoms with E-state index in [4.69, 9.17) is 9.51 Å². The molecule has 7 heteroatoms. The maximum absolute atomic E-state index is 5.44. The van der Waals surface area contributed by atoms with Crippen molar-refractivity contribution in [3.63, 3.8) is 0 Å². The Labute approximate surface area is 177 Å². The van der Waals surface area contributed by atoms with Crippen molar-refractivity contribution < 1.29 is 4.52 Å². The molecule has 1 aromatic carbocycles. The highest BCUT2D eigenvalue weighted by Gasteiger charge is 2.23. The van der Waals surface area contributed by atoms with Crippen LogP contribution in [0.2, 0.25) is 0 Å². The summed E-state index contributed by atoms with van der Waals surface area (Å²) in [6.07, 6.45) is 2.43. The topological polar surface area (TPSA) is 75.8 Å². The number of anilines is 1. The fourth-order valence-electron chi connectivity index (χ4n) is 4.58. The number of aryl methyl sites for hydroxylation is 4. The van der Waals surface area contributed by atoms with Gasteiger partial charge in [0.15, 0.2) is 0 Å². The van der Waals surface area contributed by atoms with Gasteiger partial charge in [-0.15, -0.1) is 0 Å². The second-order valence-corrected chi connectivity index (χ2v) is 8.04. The molecule has 158 valence electrons. The van der Waals surface area contributed by atoms with Crippen LogP contribution in [0.4, 0.5) is 5.95 Å². The Bertz CT molecular complexity index is 1200. The minimum atomic E-state index is 0. The monoisotopic (exact) mass is 406 g/mol. The van der Waals surface area contributed by atoms with Gasteiger partial charge in [-0.1, -0.05) is 12.6 Å². The van der Waals surface area contributed by atoms with Gasteiger partial charge in [-0.05, 0) is 58.2 Å². The Hall–Kier alpha value is -3.09. The second kappa shape index (κ2) is 7.31. The minimum Gasteiger partial charge on any atom is -0.361 e. The van der Waals surface area contributed by atoms with Crippen LogP contribution in [0.1, 0.15) is 43.1 Å². The van der Waals surface area contributed by atoms with Crippen molar-refractivity contribution in [1.82, 2.24) is 24.9 Å². The third-order valence-corrected chi connectivity index (χ3v) is 6.08. The summed E-state index contributed by atoms with van der Waals surface area (Å²) in [5, 5.41) is 8.80. The number of nitrogens with one attached hydrogen (secondary N) is 1. The molecule has 0 amide bonds. The highest BCUT2D eigenvalue weighted by atomic mass is 16.5. The smallest absolute Gasteiger partial charge is 0.203 e. The quantitative estimate of drug-likeness (QED) is 0.513. The fraction of sp³-hybridized carbons (Fsp3) is 0.435. The highest BCUT2D eigenvalue weighted by molar-refractivity contribution is 5.98. The van der Waals surface area contributed by atoms with Gasteiger partial charge in [0, 0.05) is 42.5 Å². The molecule has 4 aromatic rings. The molecule has 1 aliphatic rings. The number of aromatic nitrogens is 5. The molecular weight excluding hydrogens is 376 g/mol. The molecule has 0 unspecified atom stereocenters. The van der Waals surface area contributed by atoms with E-state index in [2.05, 4.69) is 46.1 Å². The van der Waals surface area contributed by atoms with Crippen molar-refractivity contribution in [3.05, 3.63) is 35.0 Å². The van der Waals surface area contributed by atoms with E-state index < -0.39 is 0 Å². The van der Waals surface area contributed by atoms with E-state index in [0.29, 0.717) is 0 Å². The SMILES string of the molecule is C.Cc1noc(C)c1-c1cc(-c2c(C)nn(C)c2C)c2nc(N3CCCC3)[nH]c2c1. The zero-order valence-electron chi connectivity index (χ0n) is 17.6. The second-order valence-electron chi connectivity index (χ2n) is 8.04. The Kier molecular flexibility index (Phi) is 4.92. The third kappa shape index (κ3) is 3.00. The normalized spacial score (nSPS) is 14.0. The Morgan fingerprint density at radius 2 is 1.73 bits per heavy atom. The molecule has 0 bridgehead atoms. The molecule has 0 spiro atoms. The van der Waals surface area contributed by atoms with E-state index in [9.17, 15) is 0 Å². The first-order chi connectivity index (χ1) is 13.9. The van der Waals surface area contributed by atoms with Crippen molar-refractivity contribution in [2.45, 2.75) is 48.0 Å². The highest BCUT2D eigenvalue weighted by Crippen LogP contribution is 2.38. The lowest BCUT2D eigenvalue weighted by atomic mass is 9.95. The van der Waals surface area contributed by atoms with Gasteiger partial charge in [-0.3, -0.25) is 4.68 Å². The Morgan fingerprint density at radius 1 is 1.00 bits per heavy atom. The number of imidazole rings is 1. The standard InChI is InChI=1S/C22H26N6O.CH4/c1-12-19(14(3)27(5)25-12)17-10-16(20-13(2)26-29-15(20)4)11-18-21(17)24-22(23-18)28-8-6-7-9-28;/h10-11H,6-9H2,1-5H3,(H,23,24);1H4. The van der Waals surface area contributed by atoms with Crippen LogP contribution in [0.3, 0.4) is 0 Å².